The van der Waals surface area contributed by atoms with Gasteiger partial charge >= 0.3 is 0 Å². The van der Waals surface area contributed by atoms with Crippen molar-refractivity contribution in [3.8, 4) is 22.9 Å². The van der Waals surface area contributed by atoms with E-state index in [1.54, 1.807) is 33.8 Å². The zero-order valence-corrected chi connectivity index (χ0v) is 20.1. The zero-order valence-electron chi connectivity index (χ0n) is 19.4. The van der Waals surface area contributed by atoms with Crippen molar-refractivity contribution in [2.75, 3.05) is 13.2 Å². The molecule has 8 heteroatoms. The molecule has 1 aliphatic heterocycles. The lowest BCUT2D eigenvalue weighted by Gasteiger charge is -2.25. The number of halogens is 1. The van der Waals surface area contributed by atoms with E-state index in [0.717, 1.165) is 29.7 Å². The SMILES string of the molecule is Cn1nc(-c2ccccc2)c(CN(C[C@@H]2CCCO2)C(=O)c2ccco2)c1Oc1ccccc1Cl. The second-order valence-corrected chi connectivity index (χ2v) is 8.86. The fraction of sp³-hybridized carbons (Fsp3) is 0.259. The maximum atomic E-state index is 13.5. The van der Waals surface area contributed by atoms with Gasteiger partial charge in [-0.3, -0.25) is 4.79 Å². The summed E-state index contributed by atoms with van der Waals surface area (Å²) in [6.45, 7) is 1.40. The van der Waals surface area contributed by atoms with Crippen LogP contribution in [0.4, 0.5) is 0 Å². The fourth-order valence-corrected chi connectivity index (χ4v) is 4.46. The van der Waals surface area contributed by atoms with E-state index in [9.17, 15) is 4.79 Å². The van der Waals surface area contributed by atoms with Crippen LogP contribution in [0.2, 0.25) is 5.02 Å². The highest BCUT2D eigenvalue weighted by Crippen LogP contribution is 2.36. The molecule has 1 atom stereocenters. The summed E-state index contributed by atoms with van der Waals surface area (Å²) in [4.78, 5) is 15.2. The van der Waals surface area contributed by atoms with Crippen molar-refractivity contribution in [1.29, 1.82) is 0 Å². The van der Waals surface area contributed by atoms with E-state index in [-0.39, 0.29) is 24.3 Å². The van der Waals surface area contributed by atoms with Gasteiger partial charge in [0.1, 0.15) is 11.4 Å². The third-order valence-corrected chi connectivity index (χ3v) is 6.31. The van der Waals surface area contributed by atoms with E-state index in [2.05, 4.69) is 0 Å². The van der Waals surface area contributed by atoms with Gasteiger partial charge in [0.15, 0.2) is 5.76 Å². The van der Waals surface area contributed by atoms with Crippen molar-refractivity contribution in [3.63, 3.8) is 0 Å². The number of nitrogens with zero attached hydrogens (tertiary/aromatic N) is 3. The van der Waals surface area contributed by atoms with Crippen LogP contribution in [0.1, 0.15) is 29.0 Å². The Kier molecular flexibility index (Phi) is 6.88. The minimum Gasteiger partial charge on any atom is -0.459 e. The van der Waals surface area contributed by atoms with Crippen LogP contribution in [0.15, 0.2) is 77.4 Å². The zero-order chi connectivity index (χ0) is 24.2. The molecule has 5 rings (SSSR count). The highest BCUT2D eigenvalue weighted by atomic mass is 35.5. The van der Waals surface area contributed by atoms with Gasteiger partial charge in [-0.1, -0.05) is 54.1 Å². The van der Waals surface area contributed by atoms with Crippen molar-refractivity contribution in [2.45, 2.75) is 25.5 Å². The summed E-state index contributed by atoms with van der Waals surface area (Å²) < 4.78 is 19.3. The summed E-state index contributed by atoms with van der Waals surface area (Å²) in [6, 6.07) is 20.5. The van der Waals surface area contributed by atoms with E-state index in [4.69, 9.17) is 30.6 Å². The first-order valence-electron chi connectivity index (χ1n) is 11.6. The number of rotatable bonds is 8. The number of aromatic nitrogens is 2. The number of carbonyl (C=O) groups is 1. The summed E-state index contributed by atoms with van der Waals surface area (Å²) in [5, 5.41) is 5.26. The number of amides is 1. The Labute approximate surface area is 208 Å². The molecule has 3 heterocycles. The average Bonchev–Trinajstić information content (AvgIpc) is 3.64. The molecule has 4 aromatic rings. The molecule has 2 aromatic carbocycles. The molecule has 1 fully saturated rings. The second-order valence-electron chi connectivity index (χ2n) is 8.45. The van der Waals surface area contributed by atoms with Gasteiger partial charge in [-0.05, 0) is 37.1 Å². The van der Waals surface area contributed by atoms with Crippen LogP contribution in [0.5, 0.6) is 11.6 Å². The summed E-state index contributed by atoms with van der Waals surface area (Å²) in [6.07, 6.45) is 3.36. The number of hydrogen-bond donors (Lipinski definition) is 0. The average molecular weight is 492 g/mol. The third-order valence-electron chi connectivity index (χ3n) is 5.99. The van der Waals surface area contributed by atoms with Gasteiger partial charge in [0.05, 0.1) is 29.5 Å². The molecule has 0 radical (unpaired) electrons. The molecule has 1 aliphatic rings. The maximum Gasteiger partial charge on any atom is 0.289 e. The summed E-state index contributed by atoms with van der Waals surface area (Å²) in [5.74, 6) is 1.10. The van der Waals surface area contributed by atoms with Crippen molar-refractivity contribution in [1.82, 2.24) is 14.7 Å². The van der Waals surface area contributed by atoms with Crippen molar-refractivity contribution in [3.05, 3.63) is 89.3 Å². The molecule has 0 saturated carbocycles. The molecule has 35 heavy (non-hydrogen) atoms. The normalized spacial score (nSPS) is 15.3. The topological polar surface area (TPSA) is 69.7 Å². The van der Waals surface area contributed by atoms with Gasteiger partial charge in [0.2, 0.25) is 5.88 Å². The summed E-state index contributed by atoms with van der Waals surface area (Å²) in [5.41, 5.74) is 2.44. The van der Waals surface area contributed by atoms with E-state index in [1.807, 2.05) is 49.5 Å². The van der Waals surface area contributed by atoms with Crippen LogP contribution in [-0.2, 0) is 18.3 Å². The molecule has 7 nitrogen and oxygen atoms in total. The molecule has 0 N–H and O–H groups in total. The summed E-state index contributed by atoms with van der Waals surface area (Å²) >= 11 is 6.39. The Balaban J connectivity index is 1.56. The standard InChI is InChI=1S/C27H26ClN3O4/c1-30-27(35-23-13-6-5-12-22(23)28)21(25(29-30)19-9-3-2-4-10-19)18-31(17-20-11-7-15-33-20)26(32)24-14-8-16-34-24/h2-6,8-10,12-14,16,20H,7,11,15,17-18H2,1H3/t20-/m0/s1. The van der Waals surface area contributed by atoms with E-state index in [1.165, 1.54) is 6.26 Å². The molecule has 1 saturated heterocycles. The molecular formula is C27H26ClN3O4. The van der Waals surface area contributed by atoms with Crippen molar-refractivity contribution < 1.29 is 18.7 Å². The Morgan fingerprint density at radius 3 is 2.66 bits per heavy atom. The first-order valence-corrected chi connectivity index (χ1v) is 12.0. The molecule has 0 spiro atoms. The lowest BCUT2D eigenvalue weighted by atomic mass is 10.1. The number of ether oxygens (including phenoxy) is 2. The van der Waals surface area contributed by atoms with Gasteiger partial charge in [0, 0.05) is 25.8 Å². The number of carbonyl (C=O) groups excluding carboxylic acids is 1. The predicted octanol–water partition coefficient (Wildman–Crippen LogP) is 5.95. The Morgan fingerprint density at radius 1 is 1.14 bits per heavy atom. The number of furan rings is 1. The molecule has 1 amide bonds. The number of hydrogen-bond acceptors (Lipinski definition) is 5. The highest BCUT2D eigenvalue weighted by molar-refractivity contribution is 6.32. The minimum atomic E-state index is -0.211. The first-order chi connectivity index (χ1) is 17.1. The van der Waals surface area contributed by atoms with Crippen LogP contribution in [0.3, 0.4) is 0 Å². The molecular weight excluding hydrogens is 466 g/mol. The fourth-order valence-electron chi connectivity index (χ4n) is 4.28. The quantitative estimate of drug-likeness (QED) is 0.305. The summed E-state index contributed by atoms with van der Waals surface area (Å²) in [7, 11) is 1.82. The first kappa shape index (κ1) is 23.2. The molecule has 0 unspecified atom stereocenters. The minimum absolute atomic E-state index is 0.0290. The number of aryl methyl sites for hydroxylation is 1. The monoisotopic (exact) mass is 491 g/mol. The van der Waals surface area contributed by atoms with E-state index in [0.29, 0.717) is 29.8 Å². The molecule has 2 aromatic heterocycles. The van der Waals surface area contributed by atoms with Gasteiger partial charge in [-0.25, -0.2) is 4.68 Å². The molecule has 0 bridgehead atoms. The Hall–Kier alpha value is -3.55. The Morgan fingerprint density at radius 2 is 1.94 bits per heavy atom. The number of para-hydroxylation sites is 1. The van der Waals surface area contributed by atoms with Gasteiger partial charge in [0.25, 0.3) is 5.91 Å². The maximum absolute atomic E-state index is 13.5. The Bertz CT molecular complexity index is 1280. The van der Waals surface area contributed by atoms with Crippen molar-refractivity contribution in [2.24, 2.45) is 7.05 Å². The van der Waals surface area contributed by atoms with Crippen molar-refractivity contribution >= 4 is 17.5 Å². The van der Waals surface area contributed by atoms with E-state index >= 15 is 0 Å². The van der Waals surface area contributed by atoms with Crippen LogP contribution < -0.4 is 4.74 Å². The number of benzene rings is 2. The van der Waals surface area contributed by atoms with Crippen LogP contribution in [-0.4, -0.2) is 39.8 Å². The lowest BCUT2D eigenvalue weighted by Crippen LogP contribution is -2.37. The van der Waals surface area contributed by atoms with Crippen LogP contribution in [0.25, 0.3) is 11.3 Å². The molecule has 0 aliphatic carbocycles. The largest absolute Gasteiger partial charge is 0.459 e. The van der Waals surface area contributed by atoms with Gasteiger partial charge in [-0.2, -0.15) is 5.10 Å². The van der Waals surface area contributed by atoms with Gasteiger partial charge in [-0.15, -0.1) is 0 Å². The van der Waals surface area contributed by atoms with Crippen LogP contribution in [0, 0.1) is 0 Å². The second kappa shape index (κ2) is 10.4. The molecule has 180 valence electrons. The smallest absolute Gasteiger partial charge is 0.289 e. The van der Waals surface area contributed by atoms with E-state index < -0.39 is 0 Å². The van der Waals surface area contributed by atoms with Crippen LogP contribution >= 0.6 is 11.6 Å². The highest BCUT2D eigenvalue weighted by Gasteiger charge is 2.29. The third kappa shape index (κ3) is 5.11. The lowest BCUT2D eigenvalue weighted by molar-refractivity contribution is 0.0483. The van der Waals surface area contributed by atoms with Gasteiger partial charge < -0.3 is 18.8 Å². The predicted molar refractivity (Wildman–Crippen MR) is 133 cm³/mol.